The SMILES string of the molecule is CCC(O)c1ccc(OC2CCCCC2CC)cc1. The molecule has 0 heterocycles. The first-order valence-electron chi connectivity index (χ1n) is 7.69. The van der Waals surface area contributed by atoms with Gasteiger partial charge in [-0.05, 0) is 55.7 Å². The number of rotatable bonds is 5. The third kappa shape index (κ3) is 3.73. The van der Waals surface area contributed by atoms with Gasteiger partial charge in [-0.2, -0.15) is 0 Å². The number of benzene rings is 1. The molecule has 0 aliphatic heterocycles. The Morgan fingerprint density at radius 1 is 1.16 bits per heavy atom. The quantitative estimate of drug-likeness (QED) is 0.848. The zero-order chi connectivity index (χ0) is 13.7. The Kier molecular flexibility index (Phi) is 5.26. The fourth-order valence-electron chi connectivity index (χ4n) is 2.97. The van der Waals surface area contributed by atoms with E-state index in [2.05, 4.69) is 6.92 Å². The molecule has 2 heteroatoms. The average Bonchev–Trinajstić information content (AvgIpc) is 2.48. The van der Waals surface area contributed by atoms with Crippen LogP contribution in [0, 0.1) is 5.92 Å². The van der Waals surface area contributed by atoms with E-state index in [0.717, 1.165) is 17.7 Å². The van der Waals surface area contributed by atoms with Gasteiger partial charge in [0.1, 0.15) is 11.9 Å². The third-order valence-electron chi connectivity index (χ3n) is 4.30. The van der Waals surface area contributed by atoms with Crippen LogP contribution in [-0.4, -0.2) is 11.2 Å². The summed E-state index contributed by atoms with van der Waals surface area (Å²) < 4.78 is 6.15. The average molecular weight is 262 g/mol. The van der Waals surface area contributed by atoms with E-state index in [1.54, 1.807) is 0 Å². The van der Waals surface area contributed by atoms with Gasteiger partial charge in [-0.3, -0.25) is 0 Å². The topological polar surface area (TPSA) is 29.5 Å². The van der Waals surface area contributed by atoms with Crippen molar-refractivity contribution in [2.75, 3.05) is 0 Å². The van der Waals surface area contributed by atoms with E-state index in [-0.39, 0.29) is 6.10 Å². The summed E-state index contributed by atoms with van der Waals surface area (Å²) in [6.07, 6.45) is 7.09. The normalized spacial score (nSPS) is 25.0. The van der Waals surface area contributed by atoms with Crippen LogP contribution < -0.4 is 4.74 Å². The van der Waals surface area contributed by atoms with Crippen LogP contribution in [0.1, 0.15) is 64.0 Å². The molecule has 0 aromatic heterocycles. The van der Waals surface area contributed by atoms with E-state index >= 15 is 0 Å². The second-order valence-corrected chi connectivity index (χ2v) is 5.60. The highest BCUT2D eigenvalue weighted by Gasteiger charge is 2.25. The molecule has 0 amide bonds. The molecule has 106 valence electrons. The molecule has 1 aromatic carbocycles. The van der Waals surface area contributed by atoms with Gasteiger partial charge in [0.25, 0.3) is 0 Å². The standard InChI is InChI=1S/C17H26O2/c1-3-13-7-5-6-8-17(13)19-15-11-9-14(10-12-15)16(18)4-2/h9-13,16-18H,3-8H2,1-2H3. The van der Waals surface area contributed by atoms with Gasteiger partial charge < -0.3 is 9.84 Å². The molecule has 1 N–H and O–H groups in total. The predicted molar refractivity (Wildman–Crippen MR) is 78.4 cm³/mol. The van der Waals surface area contributed by atoms with E-state index in [4.69, 9.17) is 4.74 Å². The molecule has 19 heavy (non-hydrogen) atoms. The summed E-state index contributed by atoms with van der Waals surface area (Å²) in [4.78, 5) is 0. The maximum absolute atomic E-state index is 9.78. The van der Waals surface area contributed by atoms with Crippen LogP contribution in [0.15, 0.2) is 24.3 Å². The Bertz CT molecular complexity index is 371. The van der Waals surface area contributed by atoms with Crippen molar-refractivity contribution in [3.8, 4) is 5.75 Å². The van der Waals surface area contributed by atoms with Crippen molar-refractivity contribution in [3.05, 3.63) is 29.8 Å². The zero-order valence-electron chi connectivity index (χ0n) is 12.1. The molecule has 2 rings (SSSR count). The highest BCUT2D eigenvalue weighted by Crippen LogP contribution is 2.31. The summed E-state index contributed by atoms with van der Waals surface area (Å²) >= 11 is 0. The van der Waals surface area contributed by atoms with Crippen molar-refractivity contribution in [2.45, 2.75) is 64.6 Å². The van der Waals surface area contributed by atoms with Crippen LogP contribution in [0.3, 0.4) is 0 Å². The summed E-state index contributed by atoms with van der Waals surface area (Å²) in [5, 5.41) is 9.78. The Labute approximate surface area is 116 Å². The van der Waals surface area contributed by atoms with Crippen LogP contribution in [0.2, 0.25) is 0 Å². The molecule has 0 radical (unpaired) electrons. The van der Waals surface area contributed by atoms with Crippen molar-refractivity contribution >= 4 is 0 Å². The molecule has 3 atom stereocenters. The summed E-state index contributed by atoms with van der Waals surface area (Å²) in [7, 11) is 0. The van der Waals surface area contributed by atoms with E-state index in [0.29, 0.717) is 12.0 Å². The summed E-state index contributed by atoms with van der Waals surface area (Å²) in [5.41, 5.74) is 0.977. The maximum atomic E-state index is 9.78. The third-order valence-corrected chi connectivity index (χ3v) is 4.30. The number of aliphatic hydroxyl groups is 1. The minimum Gasteiger partial charge on any atom is -0.490 e. The van der Waals surface area contributed by atoms with Gasteiger partial charge in [0.05, 0.1) is 6.10 Å². The number of hydrogen-bond donors (Lipinski definition) is 1. The molecule has 2 nitrogen and oxygen atoms in total. The summed E-state index contributed by atoms with van der Waals surface area (Å²) in [5.74, 6) is 1.65. The first-order valence-corrected chi connectivity index (χ1v) is 7.69. The molecule has 0 saturated heterocycles. The Balaban J connectivity index is 1.98. The predicted octanol–water partition coefficient (Wildman–Crippen LogP) is 4.48. The lowest BCUT2D eigenvalue weighted by molar-refractivity contribution is 0.0903. The maximum Gasteiger partial charge on any atom is 0.119 e. The van der Waals surface area contributed by atoms with Crippen molar-refractivity contribution in [2.24, 2.45) is 5.92 Å². The van der Waals surface area contributed by atoms with Crippen LogP contribution in [0.4, 0.5) is 0 Å². The highest BCUT2D eigenvalue weighted by molar-refractivity contribution is 5.28. The fraction of sp³-hybridized carbons (Fsp3) is 0.647. The second kappa shape index (κ2) is 6.95. The van der Waals surface area contributed by atoms with Crippen molar-refractivity contribution < 1.29 is 9.84 Å². The number of aliphatic hydroxyl groups excluding tert-OH is 1. The van der Waals surface area contributed by atoms with E-state index in [1.807, 2.05) is 31.2 Å². The monoisotopic (exact) mass is 262 g/mol. The van der Waals surface area contributed by atoms with Gasteiger partial charge in [-0.1, -0.05) is 32.4 Å². The van der Waals surface area contributed by atoms with E-state index in [1.165, 1.54) is 32.1 Å². The van der Waals surface area contributed by atoms with E-state index < -0.39 is 0 Å². The van der Waals surface area contributed by atoms with Gasteiger partial charge in [0.2, 0.25) is 0 Å². The number of ether oxygens (including phenoxy) is 1. The largest absolute Gasteiger partial charge is 0.490 e. The van der Waals surface area contributed by atoms with Crippen LogP contribution in [0.5, 0.6) is 5.75 Å². The molecule has 1 aliphatic carbocycles. The molecule has 3 unspecified atom stereocenters. The fourth-order valence-corrected chi connectivity index (χ4v) is 2.97. The molecule has 0 spiro atoms. The van der Waals surface area contributed by atoms with Crippen LogP contribution in [-0.2, 0) is 0 Å². The first kappa shape index (κ1) is 14.4. The smallest absolute Gasteiger partial charge is 0.119 e. The van der Waals surface area contributed by atoms with Gasteiger partial charge in [-0.15, -0.1) is 0 Å². The first-order chi connectivity index (χ1) is 9.24. The molecular weight excluding hydrogens is 236 g/mol. The van der Waals surface area contributed by atoms with Gasteiger partial charge in [0, 0.05) is 0 Å². The minimum absolute atomic E-state index is 0.355. The van der Waals surface area contributed by atoms with Crippen molar-refractivity contribution in [1.29, 1.82) is 0 Å². The highest BCUT2D eigenvalue weighted by atomic mass is 16.5. The molecule has 1 aliphatic rings. The van der Waals surface area contributed by atoms with E-state index in [9.17, 15) is 5.11 Å². The molecule has 1 fully saturated rings. The van der Waals surface area contributed by atoms with Gasteiger partial charge in [-0.25, -0.2) is 0 Å². The van der Waals surface area contributed by atoms with Gasteiger partial charge in [0.15, 0.2) is 0 Å². The van der Waals surface area contributed by atoms with Crippen LogP contribution >= 0.6 is 0 Å². The van der Waals surface area contributed by atoms with Crippen LogP contribution in [0.25, 0.3) is 0 Å². The molecule has 1 aromatic rings. The van der Waals surface area contributed by atoms with Gasteiger partial charge >= 0.3 is 0 Å². The lowest BCUT2D eigenvalue weighted by atomic mass is 9.85. The second-order valence-electron chi connectivity index (χ2n) is 5.60. The number of hydrogen-bond acceptors (Lipinski definition) is 2. The lowest BCUT2D eigenvalue weighted by Crippen LogP contribution is -2.29. The Hall–Kier alpha value is -1.02. The molecular formula is C17H26O2. The molecule has 1 saturated carbocycles. The minimum atomic E-state index is -0.355. The Morgan fingerprint density at radius 3 is 2.47 bits per heavy atom. The summed E-state index contributed by atoms with van der Waals surface area (Å²) in [6.45, 7) is 4.25. The van der Waals surface area contributed by atoms with Crippen molar-refractivity contribution in [1.82, 2.24) is 0 Å². The molecule has 0 bridgehead atoms. The summed E-state index contributed by atoms with van der Waals surface area (Å²) in [6, 6.07) is 7.95. The lowest BCUT2D eigenvalue weighted by Gasteiger charge is -2.31. The van der Waals surface area contributed by atoms with Crippen molar-refractivity contribution in [3.63, 3.8) is 0 Å². The Morgan fingerprint density at radius 2 is 1.84 bits per heavy atom. The zero-order valence-corrected chi connectivity index (χ0v) is 12.1.